The summed E-state index contributed by atoms with van der Waals surface area (Å²) >= 11 is 1.41. The van der Waals surface area contributed by atoms with E-state index in [4.69, 9.17) is 4.74 Å². The first-order valence-electron chi connectivity index (χ1n) is 10.8. The molecule has 1 unspecified atom stereocenters. The predicted molar refractivity (Wildman–Crippen MR) is 125 cm³/mol. The third kappa shape index (κ3) is 4.12. The van der Waals surface area contributed by atoms with Crippen molar-refractivity contribution in [2.24, 2.45) is 4.99 Å². The fraction of sp³-hybridized carbons (Fsp3) is 0.391. The molecule has 3 aromatic rings. The third-order valence-electron chi connectivity index (χ3n) is 5.60. The number of hydrogen-bond donors (Lipinski definition) is 0. The number of benzene rings is 2. The molecule has 1 fully saturated rings. The fourth-order valence-corrected chi connectivity index (χ4v) is 6.81. The molecule has 7 nitrogen and oxygen atoms in total. The number of nitrogens with zero attached hydrogens (tertiary/aromatic N) is 3. The zero-order valence-electron chi connectivity index (χ0n) is 18.4. The number of para-hydroxylation sites is 1. The number of carbonyl (C=O) groups excluding carboxylic acids is 1. The highest BCUT2D eigenvalue weighted by molar-refractivity contribution is 7.89. The summed E-state index contributed by atoms with van der Waals surface area (Å²) in [6.07, 6.45) is 1.10. The smallest absolute Gasteiger partial charge is 0.266 e. The molecular formula is C23H27N3O4S2. The van der Waals surface area contributed by atoms with Crippen molar-refractivity contribution in [3.8, 4) is 5.75 Å². The number of hydrogen-bond acceptors (Lipinski definition) is 5. The first-order chi connectivity index (χ1) is 15.4. The Labute approximate surface area is 192 Å². The van der Waals surface area contributed by atoms with E-state index in [1.807, 2.05) is 43.5 Å². The van der Waals surface area contributed by atoms with Crippen LogP contribution >= 0.6 is 11.3 Å². The minimum atomic E-state index is -3.77. The maximum Gasteiger partial charge on any atom is 0.266 e. The number of fused-ring (bicyclic) bond motifs is 1. The summed E-state index contributed by atoms with van der Waals surface area (Å²) in [6.45, 7) is 7.30. The van der Waals surface area contributed by atoms with Crippen molar-refractivity contribution >= 4 is 37.5 Å². The molecule has 9 heteroatoms. The lowest BCUT2D eigenvalue weighted by Gasteiger charge is -2.21. The molecule has 2 heterocycles. The molecule has 0 aliphatic carbocycles. The number of aromatic nitrogens is 1. The second-order valence-corrected chi connectivity index (χ2v) is 10.6. The van der Waals surface area contributed by atoms with Gasteiger partial charge in [-0.15, -0.1) is 0 Å². The van der Waals surface area contributed by atoms with E-state index in [1.54, 1.807) is 24.3 Å². The Morgan fingerprint density at radius 1 is 1.19 bits per heavy atom. The quantitative estimate of drug-likeness (QED) is 0.547. The van der Waals surface area contributed by atoms with Crippen molar-refractivity contribution < 1.29 is 17.9 Å². The minimum Gasteiger partial charge on any atom is -0.492 e. The van der Waals surface area contributed by atoms with E-state index in [1.165, 1.54) is 15.6 Å². The van der Waals surface area contributed by atoms with Crippen LogP contribution in [0.3, 0.4) is 0 Å². The summed E-state index contributed by atoms with van der Waals surface area (Å²) in [5.74, 6) is 0.325. The fourth-order valence-electron chi connectivity index (χ4n) is 4.04. The molecule has 2 aromatic carbocycles. The number of carbonyl (C=O) groups is 1. The Morgan fingerprint density at radius 3 is 2.62 bits per heavy atom. The van der Waals surface area contributed by atoms with Gasteiger partial charge in [0.05, 0.1) is 16.2 Å². The summed E-state index contributed by atoms with van der Waals surface area (Å²) in [5.41, 5.74) is 1.89. The van der Waals surface area contributed by atoms with Crippen molar-refractivity contribution in [3.63, 3.8) is 0 Å². The van der Waals surface area contributed by atoms with E-state index in [0.29, 0.717) is 37.3 Å². The Morgan fingerprint density at radius 2 is 1.94 bits per heavy atom. The van der Waals surface area contributed by atoms with Gasteiger partial charge in [-0.2, -0.15) is 9.30 Å². The van der Waals surface area contributed by atoms with Gasteiger partial charge in [-0.05, 0) is 57.9 Å². The van der Waals surface area contributed by atoms with Crippen molar-refractivity contribution in [1.82, 2.24) is 8.87 Å². The molecule has 1 atom stereocenters. The van der Waals surface area contributed by atoms with Gasteiger partial charge in [0, 0.05) is 13.1 Å². The molecule has 1 aliphatic heterocycles. The van der Waals surface area contributed by atoms with Crippen LogP contribution in [0.1, 0.15) is 32.3 Å². The molecular weight excluding hydrogens is 446 g/mol. The number of sulfonamides is 1. The zero-order valence-corrected chi connectivity index (χ0v) is 20.1. The number of ether oxygens (including phenoxy) is 1. The van der Waals surface area contributed by atoms with Gasteiger partial charge in [0.15, 0.2) is 4.80 Å². The van der Waals surface area contributed by atoms with Gasteiger partial charge in [0.25, 0.3) is 5.91 Å². The lowest BCUT2D eigenvalue weighted by molar-refractivity contribution is -0.121. The topological polar surface area (TPSA) is 81.0 Å². The molecule has 1 aromatic heterocycles. The third-order valence-corrected chi connectivity index (χ3v) is 8.57. The van der Waals surface area contributed by atoms with Crippen LogP contribution in [0.5, 0.6) is 5.75 Å². The van der Waals surface area contributed by atoms with Crippen molar-refractivity contribution in [2.45, 2.75) is 51.1 Å². The predicted octanol–water partition coefficient (Wildman–Crippen LogP) is 3.71. The number of rotatable bonds is 6. The van der Waals surface area contributed by atoms with E-state index < -0.39 is 22.0 Å². The molecule has 0 radical (unpaired) electrons. The normalized spacial score (nSPS) is 17.8. The number of aryl methyl sites for hydroxylation is 2. The van der Waals surface area contributed by atoms with Gasteiger partial charge < -0.3 is 9.30 Å². The maximum absolute atomic E-state index is 13.2. The first-order valence-corrected chi connectivity index (χ1v) is 13.0. The molecule has 0 spiro atoms. The standard InChI is InChI=1S/C23H27N3O4S2/c1-4-25-21-19(30-5-2)9-6-10-20(21)31-23(25)24-22(27)18-8-7-15-26(18)32(28,29)17-13-11-16(3)12-14-17/h6,9-14,18H,4-5,7-8,15H2,1-3H3. The zero-order chi connectivity index (χ0) is 22.9. The monoisotopic (exact) mass is 473 g/mol. The summed E-state index contributed by atoms with van der Waals surface area (Å²) in [4.78, 5) is 18.4. The lowest BCUT2D eigenvalue weighted by Crippen LogP contribution is -2.40. The van der Waals surface area contributed by atoms with Crippen molar-refractivity contribution in [3.05, 3.63) is 52.8 Å². The largest absolute Gasteiger partial charge is 0.492 e. The Bertz CT molecular complexity index is 1310. The van der Waals surface area contributed by atoms with Crippen LogP contribution in [0.4, 0.5) is 0 Å². The highest BCUT2D eigenvalue weighted by Crippen LogP contribution is 2.29. The van der Waals surface area contributed by atoms with Gasteiger partial charge >= 0.3 is 0 Å². The summed E-state index contributed by atoms with van der Waals surface area (Å²) < 4.78 is 36.4. The van der Waals surface area contributed by atoms with E-state index in [-0.39, 0.29) is 4.90 Å². The molecule has 1 amide bonds. The van der Waals surface area contributed by atoms with Crippen LogP contribution in [0.15, 0.2) is 52.4 Å². The van der Waals surface area contributed by atoms with Crippen LogP contribution in [0, 0.1) is 6.92 Å². The number of amides is 1. The molecule has 32 heavy (non-hydrogen) atoms. The van der Waals surface area contributed by atoms with Gasteiger partial charge in [-0.1, -0.05) is 35.1 Å². The van der Waals surface area contributed by atoms with Crippen molar-refractivity contribution in [1.29, 1.82) is 0 Å². The lowest BCUT2D eigenvalue weighted by atomic mass is 10.2. The van der Waals surface area contributed by atoms with Crippen LogP contribution in [-0.2, 0) is 21.4 Å². The highest BCUT2D eigenvalue weighted by Gasteiger charge is 2.39. The molecule has 0 bridgehead atoms. The van der Waals surface area contributed by atoms with Gasteiger partial charge in [0.1, 0.15) is 17.3 Å². The SMILES string of the molecule is CCOc1cccc2sc(=NC(=O)C3CCCN3S(=O)(=O)c3ccc(C)cc3)n(CC)c12. The Balaban J connectivity index is 1.72. The average molecular weight is 474 g/mol. The van der Waals surface area contributed by atoms with E-state index in [2.05, 4.69) is 4.99 Å². The minimum absolute atomic E-state index is 0.203. The second-order valence-electron chi connectivity index (χ2n) is 7.70. The molecule has 1 aliphatic rings. The summed E-state index contributed by atoms with van der Waals surface area (Å²) in [6, 6.07) is 11.7. The van der Waals surface area contributed by atoms with Gasteiger partial charge in [-0.3, -0.25) is 4.79 Å². The highest BCUT2D eigenvalue weighted by atomic mass is 32.2. The molecule has 1 saturated heterocycles. The number of thiazole rings is 1. The van der Waals surface area contributed by atoms with Gasteiger partial charge in [0.2, 0.25) is 10.0 Å². The van der Waals surface area contributed by atoms with Crippen LogP contribution in [0.2, 0.25) is 0 Å². The average Bonchev–Trinajstić information content (AvgIpc) is 3.40. The molecule has 170 valence electrons. The maximum atomic E-state index is 13.2. The molecule has 0 saturated carbocycles. The van der Waals surface area contributed by atoms with E-state index >= 15 is 0 Å². The van der Waals surface area contributed by atoms with Crippen molar-refractivity contribution in [2.75, 3.05) is 13.2 Å². The molecule has 4 rings (SSSR count). The summed E-state index contributed by atoms with van der Waals surface area (Å²) in [7, 11) is -3.77. The first kappa shape index (κ1) is 22.7. The summed E-state index contributed by atoms with van der Waals surface area (Å²) in [5, 5.41) is 0. The van der Waals surface area contributed by atoms with E-state index in [9.17, 15) is 13.2 Å². The second kappa shape index (κ2) is 9.17. The van der Waals surface area contributed by atoms with Gasteiger partial charge in [-0.25, -0.2) is 8.42 Å². The van der Waals surface area contributed by atoms with Crippen LogP contribution < -0.4 is 9.54 Å². The Kier molecular flexibility index (Phi) is 6.50. The molecule has 0 N–H and O–H groups in total. The Hall–Kier alpha value is -2.49. The van der Waals surface area contributed by atoms with E-state index in [0.717, 1.165) is 21.5 Å². The van der Waals surface area contributed by atoms with Crippen LogP contribution in [-0.4, -0.2) is 42.4 Å². The van der Waals surface area contributed by atoms with Crippen LogP contribution in [0.25, 0.3) is 10.2 Å².